The molecule has 206 valence electrons. The third kappa shape index (κ3) is 21.0. The van der Waals surface area contributed by atoms with Gasteiger partial charge in [-0.1, -0.05) is 117 Å². The third-order valence-electron chi connectivity index (χ3n) is 3.91. The summed E-state index contributed by atoms with van der Waals surface area (Å²) in [5, 5.41) is 44.6. The van der Waals surface area contributed by atoms with E-state index < -0.39 is 11.2 Å². The Kier molecular flexibility index (Phi) is 19.3. The Balaban J connectivity index is 0. The molecule has 6 nitrogen and oxygen atoms in total. The van der Waals surface area contributed by atoms with Crippen molar-refractivity contribution in [3.63, 3.8) is 0 Å². The van der Waals surface area contributed by atoms with Gasteiger partial charge in [0.25, 0.3) is 0 Å². The summed E-state index contributed by atoms with van der Waals surface area (Å²) in [4.78, 5) is 4.20. The van der Waals surface area contributed by atoms with Crippen LogP contribution >= 0.6 is 63.7 Å². The molecule has 0 spiro atoms. The van der Waals surface area contributed by atoms with Gasteiger partial charge in [0.15, 0.2) is 0 Å². The van der Waals surface area contributed by atoms with Crippen molar-refractivity contribution >= 4 is 63.7 Å². The fraction of sp³-hybridized carbons (Fsp3) is 0.538. The van der Waals surface area contributed by atoms with Gasteiger partial charge in [-0.25, -0.2) is 0 Å². The third-order valence-corrected chi connectivity index (χ3v) is 6.01. The Morgan fingerprint density at radius 1 is 0.622 bits per heavy atom. The van der Waals surface area contributed by atoms with E-state index in [1.165, 1.54) is 0 Å². The number of hydrogen-bond acceptors (Lipinski definition) is 6. The largest absolute Gasteiger partial charge is 4.00 e. The van der Waals surface area contributed by atoms with Crippen molar-refractivity contribution in [2.75, 3.05) is 27.2 Å². The van der Waals surface area contributed by atoms with E-state index in [-0.39, 0.29) is 33.2 Å². The molecule has 0 unspecified atom stereocenters. The summed E-state index contributed by atoms with van der Waals surface area (Å²) in [6, 6.07) is 7.23. The van der Waals surface area contributed by atoms with Crippen molar-refractivity contribution in [1.29, 1.82) is 0 Å². The maximum atomic E-state index is 12.2. The Morgan fingerprint density at radius 3 is 1.11 bits per heavy atom. The van der Waals surface area contributed by atoms with E-state index in [1.807, 2.05) is 26.2 Å². The van der Waals surface area contributed by atoms with Gasteiger partial charge in [-0.3, -0.25) is 0 Å². The molecular formula is C26H36Br4N2O4Ti. The molecule has 0 fully saturated rings. The van der Waals surface area contributed by atoms with E-state index in [0.717, 1.165) is 33.2 Å². The maximum absolute atomic E-state index is 12.2. The van der Waals surface area contributed by atoms with Crippen molar-refractivity contribution in [1.82, 2.24) is 9.80 Å². The molecule has 11 heteroatoms. The molecule has 0 aliphatic rings. The van der Waals surface area contributed by atoms with Gasteiger partial charge < -0.3 is 30.2 Å². The van der Waals surface area contributed by atoms with E-state index >= 15 is 0 Å². The standard InChI is InChI=1S/C18H20Br4N2O2.2C4H9O.Ti/c1-23(9-11-5-13(19)7-15(21)17(11)25)3-4-24(2)10-12-6-14(20)8-16(22)18(12)26;2*1-4(2,3)5;/h5-8,25-26H,3-4,9-10H2,1-2H3;2*1-3H3;/q;2*-1;+4/p-2. The average Bonchev–Trinajstić information content (AvgIpc) is 2.65. The first kappa shape index (κ1) is 39.7. The number of benzene rings is 2. The molecule has 0 N–H and O–H groups in total. The SMILES string of the molecule is CC(C)(C)[O-].CC(C)(C)[O-].CN(CCN(C)Cc1cc(Br)cc(Br)c1[O-])Cc1cc(Br)cc(Br)c1[O-].[Ti+4]. The zero-order valence-corrected chi connectivity index (χ0v) is 30.6. The van der Waals surface area contributed by atoms with Gasteiger partial charge >= 0.3 is 21.7 Å². The van der Waals surface area contributed by atoms with Crippen LogP contribution in [0.4, 0.5) is 0 Å². The van der Waals surface area contributed by atoms with E-state index in [0.29, 0.717) is 22.0 Å². The molecule has 0 bridgehead atoms. The Hall–Kier alpha value is 0.514. The van der Waals surface area contributed by atoms with E-state index in [4.69, 9.17) is 0 Å². The number of likely N-dealkylation sites (N-methyl/N-ethyl adjacent to an activating group) is 2. The van der Waals surface area contributed by atoms with Crippen LogP contribution in [0.5, 0.6) is 11.5 Å². The summed E-state index contributed by atoms with van der Waals surface area (Å²) in [7, 11) is 3.97. The van der Waals surface area contributed by atoms with Crippen LogP contribution in [0.25, 0.3) is 0 Å². The fourth-order valence-corrected chi connectivity index (χ4v) is 5.17. The molecule has 0 aliphatic carbocycles. The first-order valence-corrected chi connectivity index (χ1v) is 14.4. The minimum Gasteiger partial charge on any atom is -0.871 e. The van der Waals surface area contributed by atoms with Gasteiger partial charge in [-0.15, -0.1) is 11.2 Å². The first-order valence-electron chi connectivity index (χ1n) is 11.2. The number of nitrogens with zero attached hydrogens (tertiary/aromatic N) is 2. The molecule has 0 atom stereocenters. The maximum Gasteiger partial charge on any atom is 4.00 e. The molecule has 0 aromatic heterocycles. The van der Waals surface area contributed by atoms with Gasteiger partial charge in [-0.2, -0.15) is 0 Å². The van der Waals surface area contributed by atoms with E-state index in [9.17, 15) is 20.4 Å². The monoisotopic (exact) mass is 804 g/mol. The van der Waals surface area contributed by atoms with Crippen molar-refractivity contribution in [2.24, 2.45) is 0 Å². The second-order valence-electron chi connectivity index (χ2n) is 10.5. The second-order valence-corrected chi connectivity index (χ2v) is 14.0. The summed E-state index contributed by atoms with van der Waals surface area (Å²) in [6.45, 7) is 12.5. The molecule has 0 heterocycles. The van der Waals surface area contributed by atoms with Crippen LogP contribution in [0.1, 0.15) is 52.7 Å². The van der Waals surface area contributed by atoms with Gasteiger partial charge in [0, 0.05) is 44.1 Å². The molecule has 0 radical (unpaired) electrons. The molecule has 37 heavy (non-hydrogen) atoms. The summed E-state index contributed by atoms with van der Waals surface area (Å²) >= 11 is 13.4. The molecular weight excluding hydrogens is 772 g/mol. The van der Waals surface area contributed by atoms with Gasteiger partial charge in [0.2, 0.25) is 0 Å². The Labute approximate surface area is 271 Å². The topological polar surface area (TPSA) is 98.7 Å². The number of hydrogen-bond donors (Lipinski definition) is 0. The summed E-state index contributed by atoms with van der Waals surface area (Å²) in [5.41, 5.74) is -0.0108. The molecule has 0 saturated heterocycles. The minimum absolute atomic E-state index is 0. The van der Waals surface area contributed by atoms with Crippen LogP contribution in [0.3, 0.4) is 0 Å². The number of rotatable bonds is 7. The minimum atomic E-state index is -0.750. The molecule has 2 aromatic rings. The molecule has 2 aromatic carbocycles. The predicted octanol–water partition coefficient (Wildman–Crippen LogP) is 4.74. The van der Waals surface area contributed by atoms with Gasteiger partial charge in [0.05, 0.1) is 0 Å². The van der Waals surface area contributed by atoms with Gasteiger partial charge in [-0.05, 0) is 49.5 Å². The van der Waals surface area contributed by atoms with Crippen LogP contribution in [-0.4, -0.2) is 48.2 Å². The van der Waals surface area contributed by atoms with E-state index in [1.54, 1.807) is 53.7 Å². The van der Waals surface area contributed by atoms with E-state index in [2.05, 4.69) is 73.5 Å². The van der Waals surface area contributed by atoms with Crippen molar-refractivity contribution in [2.45, 2.75) is 65.8 Å². The zero-order valence-electron chi connectivity index (χ0n) is 22.7. The Bertz CT molecular complexity index is 878. The van der Waals surface area contributed by atoms with Crippen molar-refractivity contribution < 1.29 is 42.1 Å². The Morgan fingerprint density at radius 2 is 0.865 bits per heavy atom. The van der Waals surface area contributed by atoms with Crippen LogP contribution in [-0.2, 0) is 34.8 Å². The second kappa shape index (κ2) is 18.0. The predicted molar refractivity (Wildman–Crippen MR) is 155 cm³/mol. The first-order chi connectivity index (χ1) is 16.2. The average molecular weight is 808 g/mol. The summed E-state index contributed by atoms with van der Waals surface area (Å²) in [5.74, 6) is 0.0341. The van der Waals surface area contributed by atoms with Crippen LogP contribution in [0.2, 0.25) is 0 Å². The normalized spacial score (nSPS) is 11.4. The zero-order chi connectivity index (χ0) is 28.4. The van der Waals surface area contributed by atoms with Crippen molar-refractivity contribution in [3.8, 4) is 11.5 Å². The molecule has 0 aliphatic heterocycles. The van der Waals surface area contributed by atoms with Crippen LogP contribution in [0.15, 0.2) is 42.2 Å². The van der Waals surface area contributed by atoms with Crippen LogP contribution in [0, 0.1) is 0 Å². The van der Waals surface area contributed by atoms with Gasteiger partial charge in [0.1, 0.15) is 0 Å². The quantitative estimate of drug-likeness (QED) is 0.376. The smallest absolute Gasteiger partial charge is 0.871 e. The molecule has 0 saturated carbocycles. The summed E-state index contributed by atoms with van der Waals surface area (Å²) < 4.78 is 2.89. The number of halogens is 4. The van der Waals surface area contributed by atoms with Crippen LogP contribution < -0.4 is 20.4 Å². The summed E-state index contributed by atoms with van der Waals surface area (Å²) in [6.07, 6.45) is 0. The fourth-order valence-electron chi connectivity index (χ4n) is 2.54. The molecule has 2 rings (SSSR count). The molecule has 0 amide bonds. The van der Waals surface area contributed by atoms with Crippen molar-refractivity contribution in [3.05, 3.63) is 53.3 Å².